The lowest BCUT2D eigenvalue weighted by Crippen LogP contribution is -2.32. The van der Waals surface area contributed by atoms with Crippen LogP contribution in [0.25, 0.3) is 0 Å². The van der Waals surface area contributed by atoms with Gasteiger partial charge in [-0.15, -0.1) is 0 Å². The van der Waals surface area contributed by atoms with Crippen LogP contribution < -0.4 is 11.5 Å². The van der Waals surface area contributed by atoms with Crippen molar-refractivity contribution < 1.29 is 0 Å². The molecule has 1 fully saturated rings. The van der Waals surface area contributed by atoms with Crippen LogP contribution in [0.1, 0.15) is 13.3 Å². The zero-order chi connectivity index (χ0) is 8.97. The van der Waals surface area contributed by atoms with Gasteiger partial charge in [0.1, 0.15) is 0 Å². The molecular weight excluding hydrogens is 150 g/mol. The summed E-state index contributed by atoms with van der Waals surface area (Å²) in [6.45, 7) is 7.31. The average Bonchev–Trinajstić information content (AvgIpc) is 2.55. The fourth-order valence-corrected chi connectivity index (χ4v) is 2.02. The second-order valence-corrected chi connectivity index (χ2v) is 3.67. The molecular formula is C9H21N3. The van der Waals surface area contributed by atoms with Crippen molar-refractivity contribution in [2.75, 3.05) is 32.7 Å². The molecule has 1 aliphatic rings. The van der Waals surface area contributed by atoms with Gasteiger partial charge in [0.2, 0.25) is 0 Å². The lowest BCUT2D eigenvalue weighted by atomic mass is 9.92. The molecule has 1 saturated heterocycles. The monoisotopic (exact) mass is 171 g/mol. The molecule has 0 aliphatic carbocycles. The summed E-state index contributed by atoms with van der Waals surface area (Å²) in [6, 6.07) is 0. The maximum atomic E-state index is 5.65. The van der Waals surface area contributed by atoms with Gasteiger partial charge in [-0.25, -0.2) is 0 Å². The summed E-state index contributed by atoms with van der Waals surface area (Å²) in [5.74, 6) is 1.29. The number of rotatable bonds is 4. The minimum absolute atomic E-state index is 0.543. The maximum absolute atomic E-state index is 5.65. The molecule has 0 aromatic carbocycles. The Labute approximate surface area is 75.1 Å². The summed E-state index contributed by atoms with van der Waals surface area (Å²) in [6.07, 6.45) is 1.28. The minimum atomic E-state index is 0.543. The van der Waals surface area contributed by atoms with E-state index in [2.05, 4.69) is 11.8 Å². The molecule has 72 valence electrons. The van der Waals surface area contributed by atoms with E-state index in [-0.39, 0.29) is 0 Å². The van der Waals surface area contributed by atoms with Crippen molar-refractivity contribution in [3.8, 4) is 0 Å². The number of hydrogen-bond acceptors (Lipinski definition) is 3. The van der Waals surface area contributed by atoms with Crippen LogP contribution in [0.5, 0.6) is 0 Å². The van der Waals surface area contributed by atoms with Gasteiger partial charge in [-0.1, -0.05) is 6.92 Å². The van der Waals surface area contributed by atoms with Crippen molar-refractivity contribution in [1.29, 1.82) is 0 Å². The SMILES string of the molecule is CCN1CCC(C(CN)CN)C1. The molecule has 1 rings (SSSR count). The summed E-state index contributed by atoms with van der Waals surface area (Å²) in [7, 11) is 0. The highest BCUT2D eigenvalue weighted by molar-refractivity contribution is 4.81. The minimum Gasteiger partial charge on any atom is -0.330 e. The Balaban J connectivity index is 2.34. The van der Waals surface area contributed by atoms with Gasteiger partial charge in [0, 0.05) is 6.54 Å². The van der Waals surface area contributed by atoms with E-state index >= 15 is 0 Å². The molecule has 1 atom stereocenters. The van der Waals surface area contributed by atoms with Gasteiger partial charge >= 0.3 is 0 Å². The third-order valence-electron chi connectivity index (χ3n) is 3.03. The van der Waals surface area contributed by atoms with Gasteiger partial charge in [-0.2, -0.15) is 0 Å². The number of nitrogens with two attached hydrogens (primary N) is 2. The van der Waals surface area contributed by atoms with Crippen LogP contribution in [-0.4, -0.2) is 37.6 Å². The maximum Gasteiger partial charge on any atom is 0.00136 e. The lowest BCUT2D eigenvalue weighted by molar-refractivity contribution is 0.303. The van der Waals surface area contributed by atoms with Gasteiger partial charge < -0.3 is 16.4 Å². The van der Waals surface area contributed by atoms with Crippen LogP contribution >= 0.6 is 0 Å². The lowest BCUT2D eigenvalue weighted by Gasteiger charge is -2.20. The Morgan fingerprint density at radius 2 is 2.08 bits per heavy atom. The first-order chi connectivity index (χ1) is 5.81. The van der Waals surface area contributed by atoms with Crippen molar-refractivity contribution in [2.45, 2.75) is 13.3 Å². The van der Waals surface area contributed by atoms with Crippen LogP contribution in [-0.2, 0) is 0 Å². The standard InChI is InChI=1S/C9H21N3/c1-2-12-4-3-8(7-12)9(5-10)6-11/h8-9H,2-7,10-11H2,1H3. The van der Waals surface area contributed by atoms with Crippen molar-refractivity contribution in [3.05, 3.63) is 0 Å². The first-order valence-electron chi connectivity index (χ1n) is 4.94. The zero-order valence-corrected chi connectivity index (χ0v) is 8.00. The molecule has 0 aromatic heterocycles. The van der Waals surface area contributed by atoms with Crippen molar-refractivity contribution >= 4 is 0 Å². The third kappa shape index (κ3) is 2.19. The molecule has 12 heavy (non-hydrogen) atoms. The smallest absolute Gasteiger partial charge is 0.00136 e. The number of nitrogens with zero attached hydrogens (tertiary/aromatic N) is 1. The topological polar surface area (TPSA) is 55.3 Å². The van der Waals surface area contributed by atoms with Gasteiger partial charge in [0.05, 0.1) is 0 Å². The fraction of sp³-hybridized carbons (Fsp3) is 1.00. The normalized spacial score (nSPS) is 25.5. The van der Waals surface area contributed by atoms with Crippen LogP contribution in [0.3, 0.4) is 0 Å². The highest BCUT2D eigenvalue weighted by Crippen LogP contribution is 2.22. The zero-order valence-electron chi connectivity index (χ0n) is 8.00. The summed E-state index contributed by atoms with van der Waals surface area (Å²) in [5, 5.41) is 0. The third-order valence-corrected chi connectivity index (χ3v) is 3.03. The highest BCUT2D eigenvalue weighted by Gasteiger charge is 2.26. The molecule has 3 nitrogen and oxygen atoms in total. The van der Waals surface area contributed by atoms with Gasteiger partial charge in [-0.3, -0.25) is 0 Å². The first kappa shape index (κ1) is 9.96. The van der Waals surface area contributed by atoms with Crippen LogP contribution in [0.2, 0.25) is 0 Å². The Morgan fingerprint density at radius 1 is 1.42 bits per heavy atom. The van der Waals surface area contributed by atoms with Crippen LogP contribution in [0.4, 0.5) is 0 Å². The second-order valence-electron chi connectivity index (χ2n) is 3.67. The number of likely N-dealkylation sites (tertiary alicyclic amines) is 1. The predicted molar refractivity (Wildman–Crippen MR) is 51.8 cm³/mol. The molecule has 0 radical (unpaired) electrons. The Morgan fingerprint density at radius 3 is 2.50 bits per heavy atom. The molecule has 3 heteroatoms. The Hall–Kier alpha value is -0.120. The fourth-order valence-electron chi connectivity index (χ4n) is 2.02. The van der Waals surface area contributed by atoms with E-state index in [0.29, 0.717) is 5.92 Å². The van der Waals surface area contributed by atoms with Crippen molar-refractivity contribution in [3.63, 3.8) is 0 Å². The van der Waals surface area contributed by atoms with Gasteiger partial charge in [-0.05, 0) is 44.4 Å². The van der Waals surface area contributed by atoms with Crippen LogP contribution in [0, 0.1) is 11.8 Å². The summed E-state index contributed by atoms with van der Waals surface area (Å²) < 4.78 is 0. The second kappa shape index (κ2) is 4.80. The molecule has 1 aliphatic heterocycles. The van der Waals surface area contributed by atoms with Crippen LogP contribution in [0.15, 0.2) is 0 Å². The molecule has 0 aromatic rings. The quantitative estimate of drug-likeness (QED) is 0.619. The highest BCUT2D eigenvalue weighted by atomic mass is 15.1. The van der Waals surface area contributed by atoms with E-state index in [1.807, 2.05) is 0 Å². The van der Waals surface area contributed by atoms with E-state index in [1.54, 1.807) is 0 Å². The van der Waals surface area contributed by atoms with E-state index in [4.69, 9.17) is 11.5 Å². The predicted octanol–water partition coefficient (Wildman–Crippen LogP) is -0.138. The largest absolute Gasteiger partial charge is 0.330 e. The van der Waals surface area contributed by atoms with E-state index in [0.717, 1.165) is 19.0 Å². The molecule has 4 N–H and O–H groups in total. The molecule has 0 saturated carbocycles. The summed E-state index contributed by atoms with van der Waals surface area (Å²) in [4.78, 5) is 2.48. The number of hydrogen-bond donors (Lipinski definition) is 2. The molecule has 1 heterocycles. The van der Waals surface area contributed by atoms with Gasteiger partial charge in [0.25, 0.3) is 0 Å². The molecule has 0 spiro atoms. The first-order valence-corrected chi connectivity index (χ1v) is 4.94. The Kier molecular flexibility index (Phi) is 3.98. The summed E-state index contributed by atoms with van der Waals surface area (Å²) in [5.41, 5.74) is 11.3. The van der Waals surface area contributed by atoms with E-state index in [1.165, 1.54) is 26.1 Å². The Bertz CT molecular complexity index is 123. The molecule has 1 unspecified atom stereocenters. The van der Waals surface area contributed by atoms with Crippen molar-refractivity contribution in [1.82, 2.24) is 4.90 Å². The average molecular weight is 171 g/mol. The van der Waals surface area contributed by atoms with E-state index in [9.17, 15) is 0 Å². The van der Waals surface area contributed by atoms with Crippen molar-refractivity contribution in [2.24, 2.45) is 23.3 Å². The van der Waals surface area contributed by atoms with E-state index < -0.39 is 0 Å². The summed E-state index contributed by atoms with van der Waals surface area (Å²) >= 11 is 0. The van der Waals surface area contributed by atoms with Gasteiger partial charge in [0.15, 0.2) is 0 Å². The molecule has 0 amide bonds. The molecule has 0 bridgehead atoms.